The van der Waals surface area contributed by atoms with Crippen molar-refractivity contribution in [2.24, 2.45) is 5.73 Å². The molecule has 108 valence electrons. The number of aromatic nitrogens is 3. The average Bonchev–Trinajstić information content (AvgIpc) is 2.56. The molecule has 3 aromatic rings. The van der Waals surface area contributed by atoms with Crippen LogP contribution in [0.1, 0.15) is 10.4 Å². The molecule has 1 heterocycles. The smallest absolute Gasteiger partial charge is 0.248 e. The fourth-order valence-electron chi connectivity index (χ4n) is 1.93. The van der Waals surface area contributed by atoms with Crippen molar-refractivity contribution in [3.05, 3.63) is 66.5 Å². The fourth-order valence-corrected chi connectivity index (χ4v) is 1.93. The van der Waals surface area contributed by atoms with E-state index in [1.54, 1.807) is 24.3 Å². The maximum atomic E-state index is 11.0. The van der Waals surface area contributed by atoms with Gasteiger partial charge < -0.3 is 11.1 Å². The highest BCUT2D eigenvalue weighted by Gasteiger charge is 2.04. The zero-order valence-corrected chi connectivity index (χ0v) is 11.6. The highest BCUT2D eigenvalue weighted by atomic mass is 16.1. The minimum absolute atomic E-state index is 0.431. The predicted molar refractivity (Wildman–Crippen MR) is 83.5 cm³/mol. The van der Waals surface area contributed by atoms with Gasteiger partial charge in [0.05, 0.1) is 0 Å². The molecule has 3 rings (SSSR count). The van der Waals surface area contributed by atoms with E-state index < -0.39 is 5.91 Å². The molecule has 0 aliphatic heterocycles. The molecule has 0 aliphatic rings. The van der Waals surface area contributed by atoms with Gasteiger partial charge in [0.15, 0.2) is 5.82 Å². The predicted octanol–water partition coefficient (Wildman–Crippen LogP) is 2.38. The van der Waals surface area contributed by atoms with Gasteiger partial charge in [-0.1, -0.05) is 30.3 Å². The van der Waals surface area contributed by atoms with Gasteiger partial charge in [-0.25, -0.2) is 9.97 Å². The summed E-state index contributed by atoms with van der Waals surface area (Å²) in [5.74, 6) is 0.561. The van der Waals surface area contributed by atoms with E-state index in [1.807, 2.05) is 30.3 Å². The number of hydrogen-bond donors (Lipinski definition) is 2. The normalized spacial score (nSPS) is 10.2. The second-order valence-electron chi connectivity index (χ2n) is 4.57. The van der Waals surface area contributed by atoms with Gasteiger partial charge in [-0.3, -0.25) is 4.79 Å². The largest absolute Gasteiger partial charge is 0.366 e. The first-order valence-electron chi connectivity index (χ1n) is 6.64. The van der Waals surface area contributed by atoms with Crippen LogP contribution >= 0.6 is 0 Å². The third-order valence-electron chi connectivity index (χ3n) is 3.03. The van der Waals surface area contributed by atoms with Crippen molar-refractivity contribution >= 4 is 17.5 Å². The minimum Gasteiger partial charge on any atom is -0.366 e. The number of nitrogens with one attached hydrogen (secondary N) is 1. The molecule has 0 saturated carbocycles. The van der Waals surface area contributed by atoms with Crippen molar-refractivity contribution in [2.45, 2.75) is 0 Å². The number of carbonyl (C=O) groups excluding carboxylic acids is 1. The maximum absolute atomic E-state index is 11.0. The SMILES string of the molecule is NC(=O)c1ccc(Nc2ncnc(-c3ccccc3)n2)cc1. The second kappa shape index (κ2) is 6.01. The number of amides is 1. The van der Waals surface area contributed by atoms with Gasteiger partial charge in [0.25, 0.3) is 0 Å². The van der Waals surface area contributed by atoms with Crippen molar-refractivity contribution in [1.82, 2.24) is 15.0 Å². The lowest BCUT2D eigenvalue weighted by atomic mass is 10.2. The Morgan fingerprint density at radius 2 is 1.68 bits per heavy atom. The standard InChI is InChI=1S/C16H13N5O/c17-14(22)11-6-8-13(9-7-11)20-16-19-10-18-15(21-16)12-4-2-1-3-5-12/h1-10H,(H2,17,22)(H,18,19,20,21). The van der Waals surface area contributed by atoms with Crippen molar-refractivity contribution in [3.63, 3.8) is 0 Å². The van der Waals surface area contributed by atoms with Crippen LogP contribution in [0.3, 0.4) is 0 Å². The summed E-state index contributed by atoms with van der Waals surface area (Å²) in [5.41, 5.74) is 7.33. The van der Waals surface area contributed by atoms with E-state index in [0.717, 1.165) is 11.3 Å². The van der Waals surface area contributed by atoms with Gasteiger partial charge in [-0.05, 0) is 24.3 Å². The van der Waals surface area contributed by atoms with Crippen LogP contribution in [0.4, 0.5) is 11.6 Å². The maximum Gasteiger partial charge on any atom is 0.248 e. The summed E-state index contributed by atoms with van der Waals surface area (Å²) in [7, 11) is 0. The van der Waals surface area contributed by atoms with E-state index in [2.05, 4.69) is 20.3 Å². The fraction of sp³-hybridized carbons (Fsp3) is 0. The summed E-state index contributed by atoms with van der Waals surface area (Å²) in [4.78, 5) is 23.7. The van der Waals surface area contributed by atoms with Gasteiger partial charge in [-0.2, -0.15) is 4.98 Å². The molecule has 0 unspecified atom stereocenters. The number of benzene rings is 2. The average molecular weight is 291 g/mol. The Morgan fingerprint density at radius 1 is 0.955 bits per heavy atom. The molecular formula is C16H13N5O. The Balaban J connectivity index is 1.82. The van der Waals surface area contributed by atoms with Gasteiger partial charge in [0, 0.05) is 16.8 Å². The van der Waals surface area contributed by atoms with Crippen LogP contribution in [0, 0.1) is 0 Å². The molecule has 0 aliphatic carbocycles. The van der Waals surface area contributed by atoms with Crippen molar-refractivity contribution in [3.8, 4) is 11.4 Å². The third kappa shape index (κ3) is 3.06. The summed E-state index contributed by atoms with van der Waals surface area (Å²) < 4.78 is 0. The Hall–Kier alpha value is -3.28. The first-order chi connectivity index (χ1) is 10.7. The third-order valence-corrected chi connectivity index (χ3v) is 3.03. The summed E-state index contributed by atoms with van der Waals surface area (Å²) >= 11 is 0. The molecule has 6 nitrogen and oxygen atoms in total. The number of hydrogen-bond acceptors (Lipinski definition) is 5. The van der Waals surface area contributed by atoms with Gasteiger partial charge in [-0.15, -0.1) is 0 Å². The van der Waals surface area contributed by atoms with E-state index >= 15 is 0 Å². The monoisotopic (exact) mass is 291 g/mol. The van der Waals surface area contributed by atoms with Crippen LogP contribution in [0.5, 0.6) is 0 Å². The molecule has 0 fully saturated rings. The van der Waals surface area contributed by atoms with Gasteiger partial charge >= 0.3 is 0 Å². The second-order valence-corrected chi connectivity index (χ2v) is 4.57. The van der Waals surface area contributed by atoms with Gasteiger partial charge in [0.2, 0.25) is 11.9 Å². The number of nitrogens with zero attached hydrogens (tertiary/aromatic N) is 3. The summed E-state index contributed by atoms with van der Waals surface area (Å²) in [6.45, 7) is 0. The number of anilines is 2. The summed E-state index contributed by atoms with van der Waals surface area (Å²) in [6.07, 6.45) is 1.45. The van der Waals surface area contributed by atoms with E-state index in [-0.39, 0.29) is 0 Å². The molecular weight excluding hydrogens is 278 g/mol. The van der Waals surface area contributed by atoms with Crippen LogP contribution in [0.25, 0.3) is 11.4 Å². The quantitative estimate of drug-likeness (QED) is 0.769. The molecule has 0 spiro atoms. The molecule has 1 amide bonds. The Kier molecular flexibility index (Phi) is 3.74. The molecule has 22 heavy (non-hydrogen) atoms. The highest BCUT2D eigenvalue weighted by molar-refractivity contribution is 5.93. The first kappa shape index (κ1) is 13.7. The lowest BCUT2D eigenvalue weighted by molar-refractivity contribution is 0.100. The van der Waals surface area contributed by atoms with E-state index in [1.165, 1.54) is 6.33 Å². The molecule has 1 aromatic heterocycles. The molecule has 3 N–H and O–H groups in total. The van der Waals surface area contributed by atoms with Crippen LogP contribution < -0.4 is 11.1 Å². The zero-order valence-electron chi connectivity index (χ0n) is 11.6. The number of primary amides is 1. The van der Waals surface area contributed by atoms with E-state index in [9.17, 15) is 4.79 Å². The van der Waals surface area contributed by atoms with E-state index in [4.69, 9.17) is 5.73 Å². The number of nitrogens with two attached hydrogens (primary N) is 1. The summed E-state index contributed by atoms with van der Waals surface area (Å²) in [5, 5.41) is 3.07. The lowest BCUT2D eigenvalue weighted by Crippen LogP contribution is -2.10. The zero-order chi connectivity index (χ0) is 15.4. The summed E-state index contributed by atoms with van der Waals surface area (Å²) in [6, 6.07) is 16.4. The van der Waals surface area contributed by atoms with Crippen molar-refractivity contribution < 1.29 is 4.79 Å². The van der Waals surface area contributed by atoms with E-state index in [0.29, 0.717) is 17.3 Å². The topological polar surface area (TPSA) is 93.8 Å². The molecule has 0 radical (unpaired) electrons. The Morgan fingerprint density at radius 3 is 2.36 bits per heavy atom. The highest BCUT2D eigenvalue weighted by Crippen LogP contribution is 2.17. The Labute approximate surface area is 127 Å². The first-order valence-corrected chi connectivity index (χ1v) is 6.64. The Bertz CT molecular complexity index is 787. The van der Waals surface area contributed by atoms with Crippen LogP contribution in [0.15, 0.2) is 60.9 Å². The minimum atomic E-state index is -0.460. The van der Waals surface area contributed by atoms with Crippen LogP contribution in [0.2, 0.25) is 0 Å². The van der Waals surface area contributed by atoms with Crippen molar-refractivity contribution in [1.29, 1.82) is 0 Å². The molecule has 0 bridgehead atoms. The lowest BCUT2D eigenvalue weighted by Gasteiger charge is -2.06. The molecule has 0 atom stereocenters. The molecule has 2 aromatic carbocycles. The van der Waals surface area contributed by atoms with Crippen LogP contribution in [-0.2, 0) is 0 Å². The molecule has 6 heteroatoms. The number of carbonyl (C=O) groups is 1. The van der Waals surface area contributed by atoms with Crippen LogP contribution in [-0.4, -0.2) is 20.9 Å². The van der Waals surface area contributed by atoms with Gasteiger partial charge in [0.1, 0.15) is 6.33 Å². The molecule has 0 saturated heterocycles. The number of rotatable bonds is 4. The van der Waals surface area contributed by atoms with Crippen molar-refractivity contribution in [2.75, 3.05) is 5.32 Å².